The van der Waals surface area contributed by atoms with Crippen molar-refractivity contribution in [2.24, 2.45) is 0 Å². The fourth-order valence-corrected chi connectivity index (χ4v) is 1.57. The molecule has 0 amide bonds. The van der Waals surface area contributed by atoms with E-state index in [1.165, 1.54) is 11.5 Å². The maximum Gasteiger partial charge on any atom is 0.161 e. The van der Waals surface area contributed by atoms with Crippen molar-refractivity contribution in [1.82, 2.24) is 9.36 Å². The number of carbonyl (C=O) groups excluding carboxylic acids is 1. The van der Waals surface area contributed by atoms with Gasteiger partial charge in [-0.15, -0.1) is 0 Å². The van der Waals surface area contributed by atoms with Crippen LogP contribution in [0.5, 0.6) is 0 Å². The third-order valence-electron chi connectivity index (χ3n) is 1.62. The smallest absolute Gasteiger partial charge is 0.161 e. The van der Waals surface area contributed by atoms with Gasteiger partial charge in [0.1, 0.15) is 0 Å². The monoisotopic (exact) mass is 190 g/mol. The van der Waals surface area contributed by atoms with E-state index in [0.717, 1.165) is 17.5 Å². The highest BCUT2D eigenvalue weighted by atomic mass is 32.1. The molecule has 3 nitrogen and oxygen atoms in total. The van der Waals surface area contributed by atoms with Crippen LogP contribution in [0.25, 0.3) is 11.3 Å². The number of hydrogen-bond acceptors (Lipinski definition) is 4. The topological polar surface area (TPSA) is 42.9 Å². The fourth-order valence-electron chi connectivity index (χ4n) is 1.00. The average molecular weight is 190 g/mol. The van der Waals surface area contributed by atoms with Crippen molar-refractivity contribution in [3.05, 3.63) is 35.5 Å². The van der Waals surface area contributed by atoms with E-state index < -0.39 is 0 Å². The maximum atomic E-state index is 10.4. The van der Waals surface area contributed by atoms with Crippen molar-refractivity contribution in [3.8, 4) is 11.3 Å². The first-order valence-corrected chi connectivity index (χ1v) is 4.50. The van der Waals surface area contributed by atoms with E-state index in [1.54, 1.807) is 18.5 Å². The molecule has 0 saturated carbocycles. The van der Waals surface area contributed by atoms with Crippen LogP contribution in [-0.2, 0) is 0 Å². The molecule has 0 aromatic carbocycles. The Kier molecular flexibility index (Phi) is 2.14. The Hall–Kier alpha value is -1.55. The van der Waals surface area contributed by atoms with Gasteiger partial charge in [0.2, 0.25) is 0 Å². The van der Waals surface area contributed by atoms with Crippen molar-refractivity contribution in [1.29, 1.82) is 0 Å². The van der Waals surface area contributed by atoms with Gasteiger partial charge in [-0.05, 0) is 29.7 Å². The van der Waals surface area contributed by atoms with Crippen LogP contribution in [0.4, 0.5) is 0 Å². The van der Waals surface area contributed by atoms with E-state index in [1.807, 2.05) is 12.1 Å². The summed E-state index contributed by atoms with van der Waals surface area (Å²) in [4.78, 5) is 15.0. The lowest BCUT2D eigenvalue weighted by atomic mass is 10.2. The normalized spacial score (nSPS) is 9.85. The number of aldehydes is 1. The lowest BCUT2D eigenvalue weighted by molar-refractivity contribution is 0.112. The lowest BCUT2D eigenvalue weighted by Gasteiger charge is -1.91. The van der Waals surface area contributed by atoms with Gasteiger partial charge in [0.05, 0.1) is 10.6 Å². The van der Waals surface area contributed by atoms with Crippen LogP contribution in [0, 0.1) is 0 Å². The number of carbonyl (C=O) groups is 1. The summed E-state index contributed by atoms with van der Waals surface area (Å²) >= 11 is 1.21. The van der Waals surface area contributed by atoms with Crippen LogP contribution in [0.2, 0.25) is 0 Å². The second-order valence-electron chi connectivity index (χ2n) is 2.47. The Labute approximate surface area is 79.2 Å². The molecule has 2 rings (SSSR count). The zero-order valence-corrected chi connectivity index (χ0v) is 7.49. The summed E-state index contributed by atoms with van der Waals surface area (Å²) < 4.78 is 4.14. The SMILES string of the molecule is O=Cc1cc(-c2ccncc2)ns1. The van der Waals surface area contributed by atoms with Gasteiger partial charge in [-0.2, -0.15) is 4.37 Å². The highest BCUT2D eigenvalue weighted by Gasteiger charge is 2.02. The predicted molar refractivity (Wildman–Crippen MR) is 50.7 cm³/mol. The maximum absolute atomic E-state index is 10.4. The molecule has 0 aliphatic carbocycles. The van der Waals surface area contributed by atoms with Gasteiger partial charge in [0.15, 0.2) is 6.29 Å². The molecular formula is C9H6N2OS. The van der Waals surface area contributed by atoms with Gasteiger partial charge in [0, 0.05) is 18.0 Å². The fraction of sp³-hybridized carbons (Fsp3) is 0. The summed E-state index contributed by atoms with van der Waals surface area (Å²) in [6, 6.07) is 5.50. The third kappa shape index (κ3) is 1.62. The molecule has 0 unspecified atom stereocenters. The van der Waals surface area contributed by atoms with Crippen LogP contribution in [0.15, 0.2) is 30.6 Å². The van der Waals surface area contributed by atoms with Gasteiger partial charge < -0.3 is 0 Å². The van der Waals surface area contributed by atoms with Gasteiger partial charge in [-0.1, -0.05) is 0 Å². The number of hydrogen-bond donors (Lipinski definition) is 0. The average Bonchev–Trinajstić information content (AvgIpc) is 2.67. The van der Waals surface area contributed by atoms with Crippen molar-refractivity contribution in [2.45, 2.75) is 0 Å². The van der Waals surface area contributed by atoms with E-state index in [9.17, 15) is 4.79 Å². The summed E-state index contributed by atoms with van der Waals surface area (Å²) in [7, 11) is 0. The molecule has 0 aliphatic heterocycles. The standard InChI is InChI=1S/C9H6N2OS/c12-6-8-5-9(11-13-8)7-1-3-10-4-2-7/h1-6H. The van der Waals surface area contributed by atoms with Crippen LogP contribution in [0.3, 0.4) is 0 Å². The Bertz CT molecular complexity index is 411. The molecule has 0 aliphatic rings. The Balaban J connectivity index is 2.41. The molecule has 0 N–H and O–H groups in total. The van der Waals surface area contributed by atoms with Crippen molar-refractivity contribution < 1.29 is 4.79 Å². The molecule has 4 heteroatoms. The third-order valence-corrected chi connectivity index (χ3v) is 2.33. The molecule has 0 saturated heterocycles. The minimum absolute atomic E-state index is 0.645. The van der Waals surface area contributed by atoms with Crippen LogP contribution in [-0.4, -0.2) is 15.6 Å². The van der Waals surface area contributed by atoms with E-state index in [0.29, 0.717) is 4.88 Å². The second kappa shape index (κ2) is 3.45. The number of nitrogens with zero attached hydrogens (tertiary/aromatic N) is 2. The zero-order chi connectivity index (χ0) is 9.10. The van der Waals surface area contributed by atoms with Crippen LogP contribution >= 0.6 is 11.5 Å². The summed E-state index contributed by atoms with van der Waals surface area (Å²) in [5, 5.41) is 0. The van der Waals surface area contributed by atoms with Crippen LogP contribution < -0.4 is 0 Å². The van der Waals surface area contributed by atoms with Crippen molar-refractivity contribution >= 4 is 17.8 Å². The minimum Gasteiger partial charge on any atom is -0.297 e. The molecule has 0 bridgehead atoms. The van der Waals surface area contributed by atoms with Crippen molar-refractivity contribution in [3.63, 3.8) is 0 Å². The molecule has 0 spiro atoms. The first-order chi connectivity index (χ1) is 6.40. The first kappa shape index (κ1) is 8.07. The van der Waals surface area contributed by atoms with Crippen molar-refractivity contribution in [2.75, 3.05) is 0 Å². The predicted octanol–water partition coefficient (Wildman–Crippen LogP) is 2.02. The molecule has 2 aromatic rings. The molecule has 64 valence electrons. The second-order valence-corrected chi connectivity index (χ2v) is 3.30. The quantitative estimate of drug-likeness (QED) is 0.680. The van der Waals surface area contributed by atoms with Gasteiger partial charge >= 0.3 is 0 Å². The molecule has 13 heavy (non-hydrogen) atoms. The molecule has 0 atom stereocenters. The highest BCUT2D eigenvalue weighted by Crippen LogP contribution is 2.19. The minimum atomic E-state index is 0.645. The Morgan fingerprint density at radius 3 is 2.69 bits per heavy atom. The summed E-state index contributed by atoms with van der Waals surface area (Å²) in [5.41, 5.74) is 1.81. The lowest BCUT2D eigenvalue weighted by Crippen LogP contribution is -1.76. The number of pyridine rings is 1. The zero-order valence-electron chi connectivity index (χ0n) is 6.68. The summed E-state index contributed by atoms with van der Waals surface area (Å²) in [6.07, 6.45) is 4.22. The Morgan fingerprint density at radius 2 is 2.08 bits per heavy atom. The molecule has 0 radical (unpaired) electrons. The molecule has 2 aromatic heterocycles. The van der Waals surface area contributed by atoms with Gasteiger partial charge in [-0.3, -0.25) is 9.78 Å². The number of rotatable bonds is 2. The summed E-state index contributed by atoms with van der Waals surface area (Å²) in [5.74, 6) is 0. The van der Waals surface area contributed by atoms with E-state index in [4.69, 9.17) is 0 Å². The highest BCUT2D eigenvalue weighted by molar-refractivity contribution is 7.07. The van der Waals surface area contributed by atoms with E-state index >= 15 is 0 Å². The summed E-state index contributed by atoms with van der Waals surface area (Å²) in [6.45, 7) is 0. The van der Waals surface area contributed by atoms with E-state index in [2.05, 4.69) is 9.36 Å². The number of aromatic nitrogens is 2. The molecule has 0 fully saturated rings. The molecule has 2 heterocycles. The Morgan fingerprint density at radius 1 is 1.31 bits per heavy atom. The first-order valence-electron chi connectivity index (χ1n) is 3.72. The van der Waals surface area contributed by atoms with Crippen LogP contribution in [0.1, 0.15) is 9.67 Å². The van der Waals surface area contributed by atoms with Gasteiger partial charge in [-0.25, -0.2) is 0 Å². The van der Waals surface area contributed by atoms with Gasteiger partial charge in [0.25, 0.3) is 0 Å². The molecular weight excluding hydrogens is 184 g/mol. The van der Waals surface area contributed by atoms with E-state index in [-0.39, 0.29) is 0 Å². The largest absolute Gasteiger partial charge is 0.297 e.